The molecule has 0 bridgehead atoms. The molecular weight excluding hydrogens is 340 g/mol. The smallest absolute Gasteiger partial charge is 0.290 e. The summed E-state index contributed by atoms with van der Waals surface area (Å²) in [5.74, 6) is 0. The molecule has 1 atom stereocenters. The summed E-state index contributed by atoms with van der Waals surface area (Å²) in [6.07, 6.45) is 0. The Bertz CT molecular complexity index is 818. The number of non-ortho nitro benzene ring substituents is 1. The van der Waals surface area contributed by atoms with Gasteiger partial charge in [0.1, 0.15) is 0 Å². The van der Waals surface area contributed by atoms with Gasteiger partial charge in [0.25, 0.3) is 15.7 Å². The Kier molecular flexibility index (Phi) is 5.59. The van der Waals surface area contributed by atoms with Crippen molar-refractivity contribution in [3.05, 3.63) is 64.7 Å². The van der Waals surface area contributed by atoms with Crippen molar-refractivity contribution < 1.29 is 17.5 Å². The van der Waals surface area contributed by atoms with Crippen molar-refractivity contribution >= 4 is 26.7 Å². The third-order valence-electron chi connectivity index (χ3n) is 2.69. The average molecular weight is 354 g/mol. The number of rotatable bonds is 6. The molecule has 0 aliphatic carbocycles. The van der Waals surface area contributed by atoms with Gasteiger partial charge in [0, 0.05) is 17.0 Å². The first-order valence-corrected chi connectivity index (χ1v) is 9.14. The Morgan fingerprint density at radius 3 is 2.26 bits per heavy atom. The molecule has 23 heavy (non-hydrogen) atoms. The summed E-state index contributed by atoms with van der Waals surface area (Å²) in [7, 11) is -5.24. The van der Waals surface area contributed by atoms with Gasteiger partial charge in [0.05, 0.1) is 27.4 Å². The van der Waals surface area contributed by atoms with E-state index in [0.717, 1.165) is 0 Å². The summed E-state index contributed by atoms with van der Waals surface area (Å²) in [6, 6.07) is 13.3. The van der Waals surface area contributed by atoms with Crippen LogP contribution in [0.4, 0.5) is 5.69 Å². The minimum Gasteiger partial charge on any atom is -0.302 e. The van der Waals surface area contributed by atoms with E-state index in [1.807, 2.05) is 0 Å². The van der Waals surface area contributed by atoms with Crippen molar-refractivity contribution in [1.29, 1.82) is 0 Å². The number of nitrogens with zero attached hydrogens (tertiary/aromatic N) is 2. The zero-order chi connectivity index (χ0) is 16.9. The maximum atomic E-state index is 12.3. The molecule has 2 rings (SSSR count). The second-order valence-electron chi connectivity index (χ2n) is 4.27. The first kappa shape index (κ1) is 17.3. The van der Waals surface area contributed by atoms with E-state index < -0.39 is 25.9 Å². The van der Waals surface area contributed by atoms with E-state index in [1.54, 1.807) is 25.1 Å². The second-order valence-corrected chi connectivity index (χ2v) is 7.49. The summed E-state index contributed by atoms with van der Waals surface area (Å²) in [4.78, 5) is 10.7. The monoisotopic (exact) mass is 354 g/mol. The second kappa shape index (κ2) is 7.44. The zero-order valence-corrected chi connectivity index (χ0v) is 13.8. The van der Waals surface area contributed by atoms with E-state index in [0.29, 0.717) is 4.90 Å². The summed E-state index contributed by atoms with van der Waals surface area (Å²) in [5, 5.41) is 10.7. The third-order valence-corrected chi connectivity index (χ3v) is 6.01. The minimum absolute atomic E-state index is 0.0686. The molecule has 0 saturated carbocycles. The van der Waals surface area contributed by atoms with Crippen LogP contribution in [0.5, 0.6) is 0 Å². The maximum absolute atomic E-state index is 12.3. The van der Waals surface area contributed by atoms with E-state index in [9.17, 15) is 18.5 Å². The van der Waals surface area contributed by atoms with E-state index in [1.165, 1.54) is 36.4 Å². The number of hydrogen-bond donors (Lipinski definition) is 0. The number of nitro benzene ring substituents is 1. The number of nitro groups is 1. The van der Waals surface area contributed by atoms with Crippen molar-refractivity contribution in [3.8, 4) is 0 Å². The lowest BCUT2D eigenvalue weighted by Gasteiger charge is -2.07. The Morgan fingerprint density at radius 2 is 1.74 bits per heavy atom. The van der Waals surface area contributed by atoms with E-state index in [2.05, 4.69) is 3.77 Å². The lowest BCUT2D eigenvalue weighted by Crippen LogP contribution is -2.04. The van der Waals surface area contributed by atoms with Crippen LogP contribution in [0.25, 0.3) is 0 Å². The van der Waals surface area contributed by atoms with Crippen molar-refractivity contribution in [2.24, 2.45) is 3.77 Å². The lowest BCUT2D eigenvalue weighted by molar-refractivity contribution is -0.384. The van der Waals surface area contributed by atoms with Crippen LogP contribution in [0.2, 0.25) is 0 Å². The fourth-order valence-electron chi connectivity index (χ4n) is 1.65. The molecule has 122 valence electrons. The average Bonchev–Trinajstić information content (AvgIpc) is 2.55. The fourth-order valence-corrected chi connectivity index (χ4v) is 4.46. The topological polar surface area (TPSA) is 98.9 Å². The fraction of sp³-hybridized carbons (Fsp3) is 0.143. The van der Waals surface area contributed by atoms with Crippen LogP contribution in [0.1, 0.15) is 6.92 Å². The molecular formula is C14H14N2O5S2. The molecule has 0 unspecified atom stereocenters. The van der Waals surface area contributed by atoms with Crippen molar-refractivity contribution in [2.75, 3.05) is 6.61 Å². The van der Waals surface area contributed by atoms with Gasteiger partial charge in [-0.3, -0.25) is 10.1 Å². The van der Waals surface area contributed by atoms with Gasteiger partial charge in [0.15, 0.2) is 0 Å². The first-order valence-electron chi connectivity index (χ1n) is 6.59. The highest BCUT2D eigenvalue weighted by Gasteiger charge is 2.16. The van der Waals surface area contributed by atoms with Crippen LogP contribution in [0.15, 0.2) is 68.2 Å². The van der Waals surface area contributed by atoms with E-state index in [4.69, 9.17) is 4.18 Å². The third kappa shape index (κ3) is 4.44. The predicted octanol–water partition coefficient (Wildman–Crippen LogP) is 3.10. The Labute approximate surface area is 136 Å². The molecule has 7 nitrogen and oxygen atoms in total. The van der Waals surface area contributed by atoms with Gasteiger partial charge >= 0.3 is 0 Å². The quantitative estimate of drug-likeness (QED) is 0.586. The van der Waals surface area contributed by atoms with Gasteiger partial charge in [0.2, 0.25) is 0 Å². The summed E-state index contributed by atoms with van der Waals surface area (Å²) >= 11 is 0. The summed E-state index contributed by atoms with van der Waals surface area (Å²) in [5.41, 5.74) is -0.0836. The van der Waals surface area contributed by atoms with Gasteiger partial charge in [-0.05, 0) is 31.2 Å². The van der Waals surface area contributed by atoms with Gasteiger partial charge in [-0.2, -0.15) is 8.42 Å². The first-order chi connectivity index (χ1) is 10.9. The Morgan fingerprint density at radius 1 is 1.13 bits per heavy atom. The van der Waals surface area contributed by atoms with E-state index in [-0.39, 0.29) is 17.2 Å². The molecule has 2 aromatic rings. The Hall–Kier alpha value is -2.10. The number of benzene rings is 2. The van der Waals surface area contributed by atoms with Crippen molar-refractivity contribution in [3.63, 3.8) is 0 Å². The van der Waals surface area contributed by atoms with Crippen LogP contribution in [0.3, 0.4) is 0 Å². The van der Waals surface area contributed by atoms with Gasteiger partial charge in [-0.25, -0.2) is 0 Å². The predicted molar refractivity (Wildman–Crippen MR) is 86.4 cm³/mol. The number of hydrogen-bond acceptors (Lipinski definition) is 5. The van der Waals surface area contributed by atoms with Crippen LogP contribution >= 0.6 is 0 Å². The number of sulfonamides is 1. The molecule has 0 amide bonds. The largest absolute Gasteiger partial charge is 0.302 e. The van der Waals surface area contributed by atoms with Crippen LogP contribution in [-0.2, 0) is 25.2 Å². The SMILES string of the molecule is CCO[S@@](=NS(=O)(=O)c1ccccc1)c1ccc([N+](=O)[O-])cc1. The normalized spacial score (nSPS) is 12.9. The molecule has 9 heteroatoms. The van der Waals surface area contributed by atoms with Gasteiger partial charge in [-0.15, -0.1) is 3.77 Å². The van der Waals surface area contributed by atoms with Crippen LogP contribution in [-0.4, -0.2) is 19.9 Å². The lowest BCUT2D eigenvalue weighted by atomic mass is 10.3. The van der Waals surface area contributed by atoms with Crippen molar-refractivity contribution in [2.45, 2.75) is 16.7 Å². The Balaban J connectivity index is 2.43. The molecule has 0 aliphatic heterocycles. The highest BCUT2D eigenvalue weighted by atomic mass is 32.3. The minimum atomic E-state index is -3.88. The van der Waals surface area contributed by atoms with Crippen LogP contribution in [0, 0.1) is 10.1 Å². The highest BCUT2D eigenvalue weighted by molar-refractivity contribution is 7.98. The molecule has 0 radical (unpaired) electrons. The molecule has 0 heterocycles. The standard InChI is InChI=1S/C14H14N2O5S2/c1-2-21-22(13-10-8-12(9-11-13)16(17)18)15-23(19,20)14-6-4-3-5-7-14/h3-11H,2H2,1H3/t22-/m1/s1. The molecule has 0 saturated heterocycles. The van der Waals surface area contributed by atoms with Gasteiger partial charge < -0.3 is 4.18 Å². The summed E-state index contributed by atoms with van der Waals surface area (Å²) < 4.78 is 33.9. The highest BCUT2D eigenvalue weighted by Crippen LogP contribution is 2.20. The van der Waals surface area contributed by atoms with E-state index >= 15 is 0 Å². The summed E-state index contributed by atoms with van der Waals surface area (Å²) in [6.45, 7) is 1.98. The van der Waals surface area contributed by atoms with Gasteiger partial charge in [-0.1, -0.05) is 18.2 Å². The maximum Gasteiger partial charge on any atom is 0.290 e. The molecule has 0 fully saturated rings. The zero-order valence-electron chi connectivity index (χ0n) is 12.2. The van der Waals surface area contributed by atoms with Crippen LogP contribution < -0.4 is 0 Å². The molecule has 0 spiro atoms. The molecule has 2 aromatic carbocycles. The molecule has 0 aliphatic rings. The van der Waals surface area contributed by atoms with Crippen molar-refractivity contribution in [1.82, 2.24) is 0 Å². The molecule has 0 aromatic heterocycles. The molecule has 0 N–H and O–H groups in total.